The molecule has 31 heavy (non-hydrogen) atoms. The van der Waals surface area contributed by atoms with Gasteiger partial charge in [0.05, 0.1) is 0 Å². The van der Waals surface area contributed by atoms with Crippen molar-refractivity contribution in [3.05, 3.63) is 46.8 Å². The highest BCUT2D eigenvalue weighted by Crippen LogP contribution is 2.68. The van der Waals surface area contributed by atoms with Gasteiger partial charge in [-0.2, -0.15) is 0 Å². The Morgan fingerprint density at radius 1 is 1.16 bits per heavy atom. The van der Waals surface area contributed by atoms with Crippen molar-refractivity contribution in [1.29, 1.82) is 0 Å². The van der Waals surface area contributed by atoms with Crippen LogP contribution in [0.2, 0.25) is 0 Å². The van der Waals surface area contributed by atoms with Gasteiger partial charge in [-0.25, -0.2) is 4.39 Å². The average molecular weight is 421 g/mol. The fraction of sp³-hybridized carbons (Fsp3) is 0.607. The number of aryl methyl sites for hydroxylation is 1. The summed E-state index contributed by atoms with van der Waals surface area (Å²) in [5.74, 6) is 8.18. The zero-order valence-corrected chi connectivity index (χ0v) is 18.9. The Morgan fingerprint density at radius 2 is 1.97 bits per heavy atom. The number of rotatable bonds is 1. The van der Waals surface area contributed by atoms with Crippen molar-refractivity contribution in [3.8, 4) is 11.8 Å². The molecule has 0 amide bonds. The van der Waals surface area contributed by atoms with E-state index in [-0.39, 0.29) is 22.9 Å². The molecule has 3 heteroatoms. The predicted octanol–water partition coefficient (Wildman–Crippen LogP) is 5.72. The van der Waals surface area contributed by atoms with Gasteiger partial charge in [-0.15, -0.1) is 5.92 Å². The Kier molecular flexibility index (Phi) is 4.94. The van der Waals surface area contributed by atoms with Gasteiger partial charge >= 0.3 is 0 Å². The minimum absolute atomic E-state index is 0.151. The molecule has 5 rings (SSSR count). The number of allylic oxidation sites excluding steroid dienone is 1. The van der Waals surface area contributed by atoms with E-state index < -0.39 is 5.60 Å². The first kappa shape index (κ1) is 21.0. The maximum absolute atomic E-state index is 14.7. The number of fused-ring (bicyclic) bond motifs is 5. The molecule has 4 aliphatic rings. The first-order valence-electron chi connectivity index (χ1n) is 11.9. The number of benzene rings is 1. The van der Waals surface area contributed by atoms with E-state index in [1.807, 2.05) is 19.1 Å². The topological polar surface area (TPSA) is 37.3 Å². The number of carbonyl (C=O) groups excluding carboxylic acids is 1. The van der Waals surface area contributed by atoms with Gasteiger partial charge in [0.15, 0.2) is 5.78 Å². The molecule has 1 N–H and O–H groups in total. The van der Waals surface area contributed by atoms with Crippen LogP contribution < -0.4 is 0 Å². The van der Waals surface area contributed by atoms with Gasteiger partial charge in [-0.05, 0) is 105 Å². The highest BCUT2D eigenvalue weighted by atomic mass is 19.1. The molecule has 3 saturated carbocycles. The summed E-state index contributed by atoms with van der Waals surface area (Å²) in [6.07, 6.45) is 8.04. The van der Waals surface area contributed by atoms with Crippen LogP contribution >= 0.6 is 0 Å². The maximum atomic E-state index is 14.7. The summed E-state index contributed by atoms with van der Waals surface area (Å²) in [5, 5.41) is 11.7. The Bertz CT molecular complexity index is 1010. The van der Waals surface area contributed by atoms with Crippen molar-refractivity contribution in [2.45, 2.75) is 77.2 Å². The molecule has 7 atom stereocenters. The van der Waals surface area contributed by atoms with Crippen molar-refractivity contribution in [2.75, 3.05) is 0 Å². The van der Waals surface area contributed by atoms with E-state index in [1.54, 1.807) is 13.0 Å². The third kappa shape index (κ3) is 3.05. The van der Waals surface area contributed by atoms with Crippen LogP contribution in [-0.2, 0) is 4.79 Å². The molecule has 0 unspecified atom stereocenters. The number of halogens is 1. The normalized spacial score (nSPS) is 41.4. The molecule has 0 saturated heterocycles. The molecular weight excluding hydrogens is 387 g/mol. The second-order valence-corrected chi connectivity index (χ2v) is 10.7. The lowest BCUT2D eigenvalue weighted by molar-refractivity contribution is -0.117. The second kappa shape index (κ2) is 7.31. The Hall–Kier alpha value is -1.92. The lowest BCUT2D eigenvalue weighted by Crippen LogP contribution is -2.54. The first-order valence-corrected chi connectivity index (χ1v) is 11.9. The lowest BCUT2D eigenvalue weighted by Gasteiger charge is -2.58. The summed E-state index contributed by atoms with van der Waals surface area (Å²) in [7, 11) is 0. The van der Waals surface area contributed by atoms with Gasteiger partial charge in [0.1, 0.15) is 11.4 Å². The lowest BCUT2D eigenvalue weighted by atomic mass is 9.46. The fourth-order valence-corrected chi connectivity index (χ4v) is 7.91. The SMILES string of the molecule is CC#C[C@]1(O)CC[C@H]2[C@@H]3CCC4=CC(=O)CC[C@@H]4[C@H]3[C@@H](c3ccc(C)c(F)c3)C[C@@]21C. The zero-order chi connectivity index (χ0) is 22.0. The standard InChI is InChI=1S/C28H33FO2/c1-4-12-28(31)13-11-24-22-9-7-18-14-20(30)8-10-21(18)26(22)23(16-27(24,28)3)19-6-5-17(2)25(29)15-19/h5-6,14-15,21-24,26,31H,7-11,13,16H2,1-3H3/t21-,22-,23+,24-,26+,27-,28-/m0/s1. The Labute approximate surface area is 185 Å². The highest BCUT2D eigenvalue weighted by molar-refractivity contribution is 5.91. The first-order chi connectivity index (χ1) is 14.8. The summed E-state index contributed by atoms with van der Waals surface area (Å²) in [6.45, 7) is 5.85. The summed E-state index contributed by atoms with van der Waals surface area (Å²) >= 11 is 0. The van der Waals surface area contributed by atoms with Gasteiger partial charge in [0.2, 0.25) is 0 Å². The van der Waals surface area contributed by atoms with E-state index in [1.165, 1.54) is 5.57 Å². The van der Waals surface area contributed by atoms with E-state index in [4.69, 9.17) is 0 Å². The number of carbonyl (C=O) groups is 1. The van der Waals surface area contributed by atoms with Crippen LogP contribution in [0.4, 0.5) is 4.39 Å². The molecule has 3 fully saturated rings. The summed E-state index contributed by atoms with van der Waals surface area (Å²) in [4.78, 5) is 12.1. The average Bonchev–Trinajstić information content (AvgIpc) is 3.00. The summed E-state index contributed by atoms with van der Waals surface area (Å²) in [6, 6.07) is 5.71. The molecule has 2 nitrogen and oxygen atoms in total. The second-order valence-electron chi connectivity index (χ2n) is 10.7. The van der Waals surface area contributed by atoms with Gasteiger partial charge in [0, 0.05) is 11.8 Å². The van der Waals surface area contributed by atoms with Crippen molar-refractivity contribution in [2.24, 2.45) is 29.1 Å². The maximum Gasteiger partial charge on any atom is 0.155 e. The Balaban J connectivity index is 1.64. The van der Waals surface area contributed by atoms with Crippen molar-refractivity contribution in [3.63, 3.8) is 0 Å². The van der Waals surface area contributed by atoms with Gasteiger partial charge in [-0.1, -0.05) is 30.6 Å². The number of hydrogen-bond acceptors (Lipinski definition) is 2. The van der Waals surface area contributed by atoms with E-state index in [0.29, 0.717) is 35.7 Å². The van der Waals surface area contributed by atoms with E-state index >= 15 is 0 Å². The molecule has 0 radical (unpaired) electrons. The monoisotopic (exact) mass is 420 g/mol. The molecule has 0 aliphatic heterocycles. The number of aliphatic hydroxyl groups is 1. The molecule has 0 spiro atoms. The zero-order valence-electron chi connectivity index (χ0n) is 18.9. The summed E-state index contributed by atoms with van der Waals surface area (Å²) < 4.78 is 14.7. The van der Waals surface area contributed by atoms with E-state index in [2.05, 4.69) is 24.8 Å². The van der Waals surface area contributed by atoms with Crippen LogP contribution in [0.25, 0.3) is 0 Å². The number of hydrogen-bond donors (Lipinski definition) is 1. The molecule has 0 heterocycles. The minimum Gasteiger partial charge on any atom is -0.377 e. The quantitative estimate of drug-likeness (QED) is 0.590. The van der Waals surface area contributed by atoms with Crippen LogP contribution in [0.1, 0.15) is 75.8 Å². The molecule has 4 aliphatic carbocycles. The van der Waals surface area contributed by atoms with Crippen molar-refractivity contribution < 1.29 is 14.3 Å². The van der Waals surface area contributed by atoms with Gasteiger partial charge in [-0.3, -0.25) is 4.79 Å². The van der Waals surface area contributed by atoms with Crippen molar-refractivity contribution in [1.82, 2.24) is 0 Å². The minimum atomic E-state index is -0.975. The van der Waals surface area contributed by atoms with Gasteiger partial charge in [0.25, 0.3) is 0 Å². The molecule has 164 valence electrons. The van der Waals surface area contributed by atoms with E-state index in [0.717, 1.165) is 44.1 Å². The van der Waals surface area contributed by atoms with Crippen LogP contribution in [-0.4, -0.2) is 16.5 Å². The van der Waals surface area contributed by atoms with Crippen LogP contribution in [0, 0.1) is 53.7 Å². The molecule has 1 aromatic carbocycles. The molecule has 0 bridgehead atoms. The van der Waals surface area contributed by atoms with Gasteiger partial charge < -0.3 is 5.11 Å². The number of ketones is 1. The highest BCUT2D eigenvalue weighted by Gasteiger charge is 2.64. The molecular formula is C28H33FO2. The Morgan fingerprint density at radius 3 is 2.71 bits per heavy atom. The summed E-state index contributed by atoms with van der Waals surface area (Å²) in [5.41, 5.74) is 1.77. The molecule has 0 aromatic heterocycles. The third-order valence-corrected chi connectivity index (χ3v) is 9.41. The van der Waals surface area contributed by atoms with E-state index in [9.17, 15) is 14.3 Å². The smallest absolute Gasteiger partial charge is 0.155 e. The third-order valence-electron chi connectivity index (χ3n) is 9.41. The van der Waals surface area contributed by atoms with Crippen LogP contribution in [0.15, 0.2) is 29.8 Å². The van der Waals surface area contributed by atoms with Crippen LogP contribution in [0.5, 0.6) is 0 Å². The predicted molar refractivity (Wildman–Crippen MR) is 120 cm³/mol. The van der Waals surface area contributed by atoms with Crippen molar-refractivity contribution >= 4 is 5.78 Å². The molecule has 1 aromatic rings. The largest absolute Gasteiger partial charge is 0.377 e. The van der Waals surface area contributed by atoms with Crippen LogP contribution in [0.3, 0.4) is 0 Å². The fourth-order valence-electron chi connectivity index (χ4n) is 7.91.